The lowest BCUT2D eigenvalue weighted by Crippen LogP contribution is -2.47. The van der Waals surface area contributed by atoms with E-state index in [1.54, 1.807) is 12.1 Å². The highest BCUT2D eigenvalue weighted by molar-refractivity contribution is 5.96. The van der Waals surface area contributed by atoms with E-state index in [4.69, 9.17) is 10.8 Å². The molecule has 0 aliphatic carbocycles. The number of hydrogen-bond acceptors (Lipinski definition) is 4. The molecular formula is C13H17N3O5. The molecule has 1 aromatic carbocycles. The number of primary amides is 1. The van der Waals surface area contributed by atoms with Gasteiger partial charge < -0.3 is 26.6 Å². The maximum absolute atomic E-state index is 11.9. The number of aliphatic hydroxyl groups is 1. The molecule has 2 atom stereocenters. The second kappa shape index (κ2) is 7.25. The Kier molecular flexibility index (Phi) is 5.67. The Morgan fingerprint density at radius 2 is 1.81 bits per heavy atom. The van der Waals surface area contributed by atoms with E-state index >= 15 is 0 Å². The van der Waals surface area contributed by atoms with Gasteiger partial charge in [-0.2, -0.15) is 0 Å². The molecule has 1 aromatic rings. The van der Waals surface area contributed by atoms with Crippen LogP contribution in [0.25, 0.3) is 0 Å². The van der Waals surface area contributed by atoms with Gasteiger partial charge in [0.15, 0.2) is 6.04 Å². The third-order valence-corrected chi connectivity index (χ3v) is 2.72. The minimum atomic E-state index is -1.38. The smallest absolute Gasteiger partial charge is 0.328 e. The van der Waals surface area contributed by atoms with Crippen molar-refractivity contribution in [3.05, 3.63) is 35.4 Å². The third kappa shape index (κ3) is 5.11. The molecule has 21 heavy (non-hydrogen) atoms. The summed E-state index contributed by atoms with van der Waals surface area (Å²) in [5.74, 6) is -1.93. The Bertz CT molecular complexity index is 527. The molecule has 0 aliphatic heterocycles. The van der Waals surface area contributed by atoms with Crippen molar-refractivity contribution in [2.75, 3.05) is 0 Å². The molecule has 0 aliphatic rings. The van der Waals surface area contributed by atoms with E-state index in [1.165, 1.54) is 19.1 Å². The molecule has 8 nitrogen and oxygen atoms in total. The van der Waals surface area contributed by atoms with E-state index < -0.39 is 30.1 Å². The van der Waals surface area contributed by atoms with Crippen molar-refractivity contribution < 1.29 is 24.6 Å². The third-order valence-electron chi connectivity index (χ3n) is 2.72. The Morgan fingerprint density at radius 3 is 2.24 bits per heavy atom. The number of carbonyl (C=O) groups excluding carboxylic acids is 2. The quantitative estimate of drug-likeness (QED) is 0.477. The van der Waals surface area contributed by atoms with Gasteiger partial charge in [-0.05, 0) is 24.6 Å². The Balaban J connectivity index is 2.70. The van der Waals surface area contributed by atoms with Gasteiger partial charge in [-0.1, -0.05) is 12.1 Å². The molecule has 1 rings (SSSR count). The molecule has 3 amide bonds. The lowest BCUT2D eigenvalue weighted by molar-refractivity contribution is -0.141. The predicted octanol–water partition coefficient (Wildman–Crippen LogP) is -0.581. The maximum atomic E-state index is 11.9. The van der Waals surface area contributed by atoms with Gasteiger partial charge in [0.25, 0.3) is 5.91 Å². The highest BCUT2D eigenvalue weighted by Gasteiger charge is 2.25. The summed E-state index contributed by atoms with van der Waals surface area (Å²) in [7, 11) is 0. The van der Waals surface area contributed by atoms with Crippen molar-refractivity contribution in [3.63, 3.8) is 0 Å². The number of aliphatic carboxylic acids is 1. The van der Waals surface area contributed by atoms with Crippen molar-refractivity contribution in [1.82, 2.24) is 10.6 Å². The van der Waals surface area contributed by atoms with Crippen LogP contribution in [-0.4, -0.2) is 40.3 Å². The number of nitrogens with two attached hydrogens (primary N) is 1. The number of aliphatic hydroxyl groups excluding tert-OH is 1. The number of urea groups is 1. The average Bonchev–Trinajstić information content (AvgIpc) is 2.42. The van der Waals surface area contributed by atoms with Crippen molar-refractivity contribution >= 4 is 17.9 Å². The van der Waals surface area contributed by atoms with Crippen LogP contribution in [0.4, 0.5) is 4.79 Å². The first-order chi connectivity index (χ1) is 9.81. The molecule has 0 saturated carbocycles. The SMILES string of the molecule is C[C@@H](O)[C@H](NC(=O)c1ccc(CNC(N)=O)cc1)C(=O)O. The van der Waals surface area contributed by atoms with Gasteiger partial charge >= 0.3 is 12.0 Å². The number of carbonyl (C=O) groups is 3. The van der Waals surface area contributed by atoms with Gasteiger partial charge in [-0.15, -0.1) is 0 Å². The summed E-state index contributed by atoms with van der Waals surface area (Å²) >= 11 is 0. The van der Waals surface area contributed by atoms with Crippen LogP contribution in [0.1, 0.15) is 22.8 Å². The summed E-state index contributed by atoms with van der Waals surface area (Å²) in [4.78, 5) is 33.3. The largest absolute Gasteiger partial charge is 0.480 e. The van der Waals surface area contributed by atoms with Gasteiger partial charge in [0, 0.05) is 12.1 Å². The van der Waals surface area contributed by atoms with Gasteiger partial charge in [-0.25, -0.2) is 9.59 Å². The van der Waals surface area contributed by atoms with E-state index in [-0.39, 0.29) is 12.1 Å². The fourth-order valence-corrected chi connectivity index (χ4v) is 1.58. The van der Waals surface area contributed by atoms with E-state index in [0.717, 1.165) is 5.56 Å². The summed E-state index contributed by atoms with van der Waals surface area (Å²) in [5, 5.41) is 22.8. The first-order valence-corrected chi connectivity index (χ1v) is 6.15. The summed E-state index contributed by atoms with van der Waals surface area (Å²) in [6.45, 7) is 1.50. The topological polar surface area (TPSA) is 142 Å². The fraction of sp³-hybridized carbons (Fsp3) is 0.308. The zero-order valence-corrected chi connectivity index (χ0v) is 11.4. The summed E-state index contributed by atoms with van der Waals surface area (Å²) < 4.78 is 0. The van der Waals surface area contributed by atoms with E-state index in [9.17, 15) is 19.5 Å². The lowest BCUT2D eigenvalue weighted by atomic mass is 10.1. The van der Waals surface area contributed by atoms with Gasteiger partial charge in [0.2, 0.25) is 0 Å². The monoisotopic (exact) mass is 295 g/mol. The Hall–Kier alpha value is -2.61. The minimum absolute atomic E-state index is 0.225. The van der Waals surface area contributed by atoms with Crippen molar-refractivity contribution in [3.8, 4) is 0 Å². The molecule has 0 spiro atoms. The van der Waals surface area contributed by atoms with Gasteiger partial charge in [0.05, 0.1) is 6.10 Å². The number of hydrogen-bond donors (Lipinski definition) is 5. The summed E-state index contributed by atoms with van der Waals surface area (Å²) in [5.41, 5.74) is 5.91. The number of rotatable bonds is 6. The molecule has 8 heteroatoms. The number of nitrogens with one attached hydrogen (secondary N) is 2. The molecule has 6 N–H and O–H groups in total. The molecular weight excluding hydrogens is 278 g/mol. The highest BCUT2D eigenvalue weighted by atomic mass is 16.4. The number of amides is 3. The van der Waals surface area contributed by atoms with Crippen LogP contribution < -0.4 is 16.4 Å². The standard InChI is InChI=1S/C13H17N3O5/c1-7(17)10(12(19)20)16-11(18)9-4-2-8(3-5-9)6-15-13(14)21/h2-5,7,10,17H,6H2,1H3,(H,16,18)(H,19,20)(H3,14,15,21)/t7-,10+/m1/s1. The van der Waals surface area contributed by atoms with Gasteiger partial charge in [-0.3, -0.25) is 4.79 Å². The van der Waals surface area contributed by atoms with Crippen LogP contribution >= 0.6 is 0 Å². The van der Waals surface area contributed by atoms with Crippen LogP contribution in [0.15, 0.2) is 24.3 Å². The normalized spacial score (nSPS) is 13.0. The van der Waals surface area contributed by atoms with Crippen LogP contribution in [0.2, 0.25) is 0 Å². The Labute approximate surface area is 120 Å². The molecule has 0 aromatic heterocycles. The van der Waals surface area contributed by atoms with Crippen LogP contribution in [0, 0.1) is 0 Å². The first-order valence-electron chi connectivity index (χ1n) is 6.15. The summed E-state index contributed by atoms with van der Waals surface area (Å²) in [6, 6.07) is 4.13. The predicted molar refractivity (Wildman–Crippen MR) is 73.4 cm³/mol. The second-order valence-electron chi connectivity index (χ2n) is 4.44. The minimum Gasteiger partial charge on any atom is -0.480 e. The van der Waals surface area contributed by atoms with Crippen LogP contribution in [0.5, 0.6) is 0 Å². The van der Waals surface area contributed by atoms with E-state index in [2.05, 4.69) is 10.6 Å². The lowest BCUT2D eigenvalue weighted by Gasteiger charge is -2.17. The van der Waals surface area contributed by atoms with Crippen molar-refractivity contribution in [1.29, 1.82) is 0 Å². The number of carboxylic acid groups (broad SMARTS) is 1. The molecule has 0 saturated heterocycles. The fourth-order valence-electron chi connectivity index (χ4n) is 1.58. The number of benzene rings is 1. The van der Waals surface area contributed by atoms with Gasteiger partial charge in [0.1, 0.15) is 0 Å². The van der Waals surface area contributed by atoms with Crippen molar-refractivity contribution in [2.24, 2.45) is 5.73 Å². The van der Waals surface area contributed by atoms with Crippen LogP contribution in [-0.2, 0) is 11.3 Å². The molecule has 0 heterocycles. The van der Waals surface area contributed by atoms with Crippen molar-refractivity contribution in [2.45, 2.75) is 25.6 Å². The zero-order chi connectivity index (χ0) is 16.0. The van der Waals surface area contributed by atoms with Crippen LogP contribution in [0.3, 0.4) is 0 Å². The maximum Gasteiger partial charge on any atom is 0.328 e. The Morgan fingerprint density at radius 1 is 1.24 bits per heavy atom. The second-order valence-corrected chi connectivity index (χ2v) is 4.44. The average molecular weight is 295 g/mol. The summed E-state index contributed by atoms with van der Waals surface area (Å²) in [6.07, 6.45) is -1.22. The van der Waals surface area contributed by atoms with E-state index in [1.807, 2.05) is 0 Å². The molecule has 0 bridgehead atoms. The molecule has 114 valence electrons. The number of carboxylic acids is 1. The zero-order valence-electron chi connectivity index (χ0n) is 11.4. The molecule has 0 unspecified atom stereocenters. The van der Waals surface area contributed by atoms with E-state index in [0.29, 0.717) is 0 Å². The molecule has 0 radical (unpaired) electrons. The molecule has 0 fully saturated rings. The first kappa shape index (κ1) is 16.4. The highest BCUT2D eigenvalue weighted by Crippen LogP contribution is 2.05.